The Morgan fingerprint density at radius 2 is 1.95 bits per heavy atom. The molecule has 2 aromatic rings. The average Bonchev–Trinajstić information content (AvgIpc) is 2.94. The van der Waals surface area contributed by atoms with Gasteiger partial charge in [-0.25, -0.2) is 4.79 Å². The second-order valence-electron chi connectivity index (χ2n) is 4.23. The van der Waals surface area contributed by atoms with E-state index in [0.29, 0.717) is 17.0 Å². The number of hydrogen-bond donors (Lipinski definition) is 2. The number of aromatic amines is 1. The molecular formula is C14H16N2O5. The van der Waals surface area contributed by atoms with Gasteiger partial charge in [0.25, 0.3) is 5.91 Å². The lowest BCUT2D eigenvalue weighted by Gasteiger charge is -2.05. The lowest BCUT2D eigenvalue weighted by atomic mass is 10.2. The first-order valence-electron chi connectivity index (χ1n) is 6.21. The van der Waals surface area contributed by atoms with Crippen LogP contribution in [0, 0.1) is 0 Å². The van der Waals surface area contributed by atoms with Crippen LogP contribution in [0.1, 0.15) is 10.5 Å². The van der Waals surface area contributed by atoms with Crippen molar-refractivity contribution in [3.05, 3.63) is 23.9 Å². The molecule has 0 saturated heterocycles. The number of methoxy groups -OCH3 is 2. The van der Waals surface area contributed by atoms with E-state index in [1.165, 1.54) is 14.2 Å². The van der Waals surface area contributed by atoms with E-state index in [1.807, 2.05) is 0 Å². The van der Waals surface area contributed by atoms with E-state index in [1.54, 1.807) is 25.3 Å². The minimum Gasteiger partial charge on any atom is -0.497 e. The Labute approximate surface area is 121 Å². The summed E-state index contributed by atoms with van der Waals surface area (Å²) >= 11 is 0. The number of nitrogens with one attached hydrogen (secondary N) is 2. The molecule has 0 spiro atoms. The molecule has 7 nitrogen and oxygen atoms in total. The Kier molecular flexibility index (Phi) is 4.32. The van der Waals surface area contributed by atoms with Crippen LogP contribution in [0.15, 0.2) is 18.2 Å². The number of carbonyl (C=O) groups is 2. The molecule has 0 aliphatic heterocycles. The summed E-state index contributed by atoms with van der Waals surface area (Å²) in [6.07, 6.45) is 0. The van der Waals surface area contributed by atoms with Gasteiger partial charge in [-0.2, -0.15) is 0 Å². The smallest absolute Gasteiger partial charge is 0.355 e. The fraction of sp³-hybridized carbons (Fsp3) is 0.286. The molecule has 1 aromatic carbocycles. The summed E-state index contributed by atoms with van der Waals surface area (Å²) in [6.45, 7) is -0.328. The molecule has 0 radical (unpaired) electrons. The van der Waals surface area contributed by atoms with Gasteiger partial charge in [-0.3, -0.25) is 4.79 Å². The summed E-state index contributed by atoms with van der Waals surface area (Å²) in [5, 5.41) is 3.12. The summed E-state index contributed by atoms with van der Waals surface area (Å²) in [5.74, 6) is 0.174. The number of esters is 1. The van der Waals surface area contributed by atoms with Crippen LogP contribution >= 0.6 is 0 Å². The number of ether oxygens (including phenoxy) is 3. The number of H-pyrrole nitrogens is 1. The molecule has 112 valence electrons. The van der Waals surface area contributed by atoms with Crippen molar-refractivity contribution in [3.63, 3.8) is 0 Å². The average molecular weight is 292 g/mol. The van der Waals surface area contributed by atoms with Crippen LogP contribution in [0.2, 0.25) is 0 Å². The van der Waals surface area contributed by atoms with Crippen molar-refractivity contribution in [1.82, 2.24) is 10.3 Å². The minimum atomic E-state index is -0.615. The Balaban J connectivity index is 2.29. The highest BCUT2D eigenvalue weighted by molar-refractivity contribution is 5.98. The number of fused-ring (bicyclic) bond motifs is 1. The number of aromatic nitrogens is 1. The predicted molar refractivity (Wildman–Crippen MR) is 75.8 cm³/mol. The molecule has 0 bridgehead atoms. The SMILES string of the molecule is CNC(=O)COC(=O)c1cc2cc(OC)cc(OC)c2[nH]1. The Morgan fingerprint density at radius 1 is 1.19 bits per heavy atom. The van der Waals surface area contributed by atoms with Crippen molar-refractivity contribution < 1.29 is 23.8 Å². The minimum absolute atomic E-state index is 0.237. The van der Waals surface area contributed by atoms with Crippen molar-refractivity contribution in [2.75, 3.05) is 27.9 Å². The second kappa shape index (κ2) is 6.17. The Morgan fingerprint density at radius 3 is 2.57 bits per heavy atom. The number of likely N-dealkylation sites (N-methyl/N-ethyl adjacent to an activating group) is 1. The molecule has 0 fully saturated rings. The molecule has 0 aliphatic carbocycles. The normalized spacial score (nSPS) is 10.2. The summed E-state index contributed by atoms with van der Waals surface area (Å²) in [7, 11) is 4.54. The number of hydrogen-bond acceptors (Lipinski definition) is 5. The summed E-state index contributed by atoms with van der Waals surface area (Å²) in [4.78, 5) is 25.9. The highest BCUT2D eigenvalue weighted by Crippen LogP contribution is 2.31. The van der Waals surface area contributed by atoms with Gasteiger partial charge in [0.05, 0.1) is 19.7 Å². The highest BCUT2D eigenvalue weighted by Gasteiger charge is 2.15. The first-order chi connectivity index (χ1) is 10.1. The van der Waals surface area contributed by atoms with Crippen LogP contribution in [0.5, 0.6) is 11.5 Å². The van der Waals surface area contributed by atoms with E-state index < -0.39 is 5.97 Å². The van der Waals surface area contributed by atoms with Gasteiger partial charge in [0, 0.05) is 18.5 Å². The van der Waals surface area contributed by atoms with E-state index in [9.17, 15) is 9.59 Å². The van der Waals surface area contributed by atoms with Gasteiger partial charge in [0.1, 0.15) is 17.2 Å². The van der Waals surface area contributed by atoms with Gasteiger partial charge >= 0.3 is 5.97 Å². The number of amides is 1. The van der Waals surface area contributed by atoms with Crippen LogP contribution < -0.4 is 14.8 Å². The molecule has 0 saturated carbocycles. The largest absolute Gasteiger partial charge is 0.497 e. The highest BCUT2D eigenvalue weighted by atomic mass is 16.5. The molecule has 0 unspecified atom stereocenters. The second-order valence-corrected chi connectivity index (χ2v) is 4.23. The fourth-order valence-corrected chi connectivity index (χ4v) is 1.85. The molecule has 0 atom stereocenters. The van der Waals surface area contributed by atoms with Crippen molar-refractivity contribution >= 4 is 22.8 Å². The van der Waals surface area contributed by atoms with Gasteiger partial charge in [-0.15, -0.1) is 0 Å². The van der Waals surface area contributed by atoms with Gasteiger partial charge in [0.2, 0.25) is 0 Å². The monoisotopic (exact) mass is 292 g/mol. The van der Waals surface area contributed by atoms with Gasteiger partial charge < -0.3 is 24.5 Å². The number of carbonyl (C=O) groups excluding carboxylic acids is 2. The third-order valence-electron chi connectivity index (χ3n) is 2.95. The van der Waals surface area contributed by atoms with Crippen LogP contribution in [-0.4, -0.2) is 44.7 Å². The summed E-state index contributed by atoms with van der Waals surface area (Å²) < 4.78 is 15.3. The van der Waals surface area contributed by atoms with Crippen LogP contribution in [0.4, 0.5) is 0 Å². The first kappa shape index (κ1) is 14.7. The number of rotatable bonds is 5. The maximum Gasteiger partial charge on any atom is 0.355 e. The van der Waals surface area contributed by atoms with Gasteiger partial charge in [0.15, 0.2) is 6.61 Å². The Bertz CT molecular complexity index is 677. The zero-order valence-electron chi connectivity index (χ0n) is 12.0. The standard InChI is InChI=1S/C14H16N2O5/c1-15-12(17)7-21-14(18)10-5-8-4-9(19-2)6-11(20-3)13(8)16-10/h4-6,16H,7H2,1-3H3,(H,15,17). The van der Waals surface area contributed by atoms with Gasteiger partial charge in [-0.1, -0.05) is 0 Å². The zero-order valence-corrected chi connectivity index (χ0v) is 12.0. The van der Waals surface area contributed by atoms with Crippen LogP contribution in [-0.2, 0) is 9.53 Å². The van der Waals surface area contributed by atoms with E-state index in [0.717, 1.165) is 5.39 Å². The van der Waals surface area contributed by atoms with E-state index >= 15 is 0 Å². The topological polar surface area (TPSA) is 89.7 Å². The maximum absolute atomic E-state index is 11.9. The third-order valence-corrected chi connectivity index (χ3v) is 2.95. The molecule has 1 aromatic heterocycles. The van der Waals surface area contributed by atoms with Crippen molar-refractivity contribution in [1.29, 1.82) is 0 Å². The molecule has 2 rings (SSSR count). The first-order valence-corrected chi connectivity index (χ1v) is 6.21. The molecule has 1 amide bonds. The number of benzene rings is 1. The third kappa shape index (κ3) is 3.07. The fourth-order valence-electron chi connectivity index (χ4n) is 1.85. The molecule has 7 heteroatoms. The predicted octanol–water partition coefficient (Wildman–Crippen LogP) is 1.09. The van der Waals surface area contributed by atoms with Crippen molar-refractivity contribution in [2.45, 2.75) is 0 Å². The van der Waals surface area contributed by atoms with Crippen LogP contribution in [0.3, 0.4) is 0 Å². The van der Waals surface area contributed by atoms with Crippen molar-refractivity contribution in [3.8, 4) is 11.5 Å². The van der Waals surface area contributed by atoms with E-state index in [-0.39, 0.29) is 18.2 Å². The molecule has 21 heavy (non-hydrogen) atoms. The molecule has 2 N–H and O–H groups in total. The maximum atomic E-state index is 11.9. The zero-order chi connectivity index (χ0) is 15.4. The lowest BCUT2D eigenvalue weighted by Crippen LogP contribution is -2.25. The summed E-state index contributed by atoms with van der Waals surface area (Å²) in [5.41, 5.74) is 0.894. The van der Waals surface area contributed by atoms with Crippen molar-refractivity contribution in [2.24, 2.45) is 0 Å². The molecule has 0 aliphatic rings. The Hall–Kier alpha value is -2.70. The summed E-state index contributed by atoms with van der Waals surface area (Å²) in [6, 6.07) is 5.09. The molecule has 1 heterocycles. The quantitative estimate of drug-likeness (QED) is 0.805. The molecular weight excluding hydrogens is 276 g/mol. The van der Waals surface area contributed by atoms with Crippen LogP contribution in [0.25, 0.3) is 10.9 Å². The lowest BCUT2D eigenvalue weighted by molar-refractivity contribution is -0.123. The van der Waals surface area contributed by atoms with E-state index in [4.69, 9.17) is 14.2 Å². The van der Waals surface area contributed by atoms with E-state index in [2.05, 4.69) is 10.3 Å². The van der Waals surface area contributed by atoms with Gasteiger partial charge in [-0.05, 0) is 12.1 Å².